The van der Waals surface area contributed by atoms with E-state index in [4.69, 9.17) is 0 Å². The number of carbonyl (C=O) groups is 3. The van der Waals surface area contributed by atoms with Crippen molar-refractivity contribution >= 4 is 17.7 Å². The van der Waals surface area contributed by atoms with Gasteiger partial charge in [0.25, 0.3) is 11.8 Å². The zero-order valence-corrected chi connectivity index (χ0v) is 19.7. The second-order valence-electron chi connectivity index (χ2n) is 9.43. The van der Waals surface area contributed by atoms with Gasteiger partial charge in [-0.25, -0.2) is 4.98 Å². The number of amides is 3. The molecule has 0 spiro atoms. The molecule has 1 fully saturated rings. The number of aryl methyl sites for hydroxylation is 1. The topological polar surface area (TPSA) is 96.3 Å². The molecular weight excluding hydrogens is 418 g/mol. The molecule has 1 aliphatic carbocycles. The van der Waals surface area contributed by atoms with E-state index in [1.165, 1.54) is 6.33 Å². The Morgan fingerprint density at radius 2 is 2.00 bits per heavy atom. The number of nitrogens with one attached hydrogen (secondary N) is 2. The fraction of sp³-hybridized carbons (Fsp3) is 0.520. The quantitative estimate of drug-likeness (QED) is 0.677. The first-order valence-corrected chi connectivity index (χ1v) is 11.8. The van der Waals surface area contributed by atoms with Crippen molar-refractivity contribution in [2.75, 3.05) is 6.54 Å². The molecule has 1 unspecified atom stereocenters. The first-order valence-electron chi connectivity index (χ1n) is 11.8. The Bertz CT molecular complexity index is 1060. The van der Waals surface area contributed by atoms with E-state index in [2.05, 4.69) is 15.6 Å². The summed E-state index contributed by atoms with van der Waals surface area (Å²) in [6, 6.07) is 8.06. The van der Waals surface area contributed by atoms with Crippen LogP contribution in [0.15, 0.2) is 30.6 Å². The van der Waals surface area contributed by atoms with E-state index in [0.717, 1.165) is 36.8 Å². The standard InChI is InChI=1S/C25H33N5O3/c1-4-12-30-23(32)21-20(22(31)26-14-18-9-7-8-17(2)13-18)27-16-29(21)15-25(30,3)24(33)28-19-10-5-6-11-19/h7-9,13,16,19H,4-6,10-12,14-15H2,1-3H3,(H,26,31)(H,28,33). The van der Waals surface area contributed by atoms with E-state index in [1.54, 1.807) is 9.47 Å². The predicted molar refractivity (Wildman–Crippen MR) is 125 cm³/mol. The number of hydrogen-bond donors (Lipinski definition) is 2. The Morgan fingerprint density at radius 1 is 1.24 bits per heavy atom. The van der Waals surface area contributed by atoms with Crippen LogP contribution in [0, 0.1) is 6.92 Å². The summed E-state index contributed by atoms with van der Waals surface area (Å²) < 4.78 is 1.66. The number of benzene rings is 1. The van der Waals surface area contributed by atoms with E-state index in [-0.39, 0.29) is 35.8 Å². The molecule has 2 aliphatic rings. The molecule has 1 aliphatic heterocycles. The van der Waals surface area contributed by atoms with Gasteiger partial charge in [0.2, 0.25) is 5.91 Å². The van der Waals surface area contributed by atoms with Crippen LogP contribution in [0.25, 0.3) is 0 Å². The molecule has 176 valence electrons. The summed E-state index contributed by atoms with van der Waals surface area (Å²) in [5.41, 5.74) is 1.41. The molecule has 2 heterocycles. The van der Waals surface area contributed by atoms with Gasteiger partial charge in [0.05, 0.1) is 12.9 Å². The third kappa shape index (κ3) is 4.51. The average molecular weight is 452 g/mol. The normalized spacial score (nSPS) is 20.6. The molecule has 0 saturated heterocycles. The van der Waals surface area contributed by atoms with Gasteiger partial charge in [-0.1, -0.05) is 49.6 Å². The Labute approximate surface area is 194 Å². The molecule has 2 N–H and O–H groups in total. The van der Waals surface area contributed by atoms with Crippen LogP contribution in [0.1, 0.15) is 78.1 Å². The van der Waals surface area contributed by atoms with Crippen molar-refractivity contribution in [2.24, 2.45) is 0 Å². The van der Waals surface area contributed by atoms with Gasteiger partial charge in [0.15, 0.2) is 5.69 Å². The molecule has 1 saturated carbocycles. The van der Waals surface area contributed by atoms with Crippen LogP contribution in [0.5, 0.6) is 0 Å². The fourth-order valence-electron chi connectivity index (χ4n) is 4.93. The highest BCUT2D eigenvalue weighted by Gasteiger charge is 2.48. The number of rotatable bonds is 7. The van der Waals surface area contributed by atoms with Gasteiger partial charge in [-0.2, -0.15) is 0 Å². The fourth-order valence-corrected chi connectivity index (χ4v) is 4.93. The number of fused-ring (bicyclic) bond motifs is 1. The number of carbonyl (C=O) groups excluding carboxylic acids is 3. The minimum atomic E-state index is -1.03. The molecule has 1 atom stereocenters. The summed E-state index contributed by atoms with van der Waals surface area (Å²) >= 11 is 0. The molecule has 33 heavy (non-hydrogen) atoms. The molecule has 1 aromatic heterocycles. The maximum atomic E-state index is 13.6. The highest BCUT2D eigenvalue weighted by atomic mass is 16.2. The average Bonchev–Trinajstić information content (AvgIpc) is 3.45. The number of aromatic nitrogens is 2. The zero-order chi connectivity index (χ0) is 23.6. The number of nitrogens with zero attached hydrogens (tertiary/aromatic N) is 3. The smallest absolute Gasteiger partial charge is 0.273 e. The summed E-state index contributed by atoms with van der Waals surface area (Å²) in [5.74, 6) is -0.861. The number of imidazole rings is 1. The van der Waals surface area contributed by atoms with Gasteiger partial charge in [0.1, 0.15) is 11.2 Å². The Hall–Kier alpha value is -3.16. The van der Waals surface area contributed by atoms with Gasteiger partial charge in [-0.05, 0) is 38.7 Å². The highest BCUT2D eigenvalue weighted by molar-refractivity contribution is 6.07. The maximum Gasteiger partial charge on any atom is 0.273 e. The zero-order valence-electron chi connectivity index (χ0n) is 19.7. The van der Waals surface area contributed by atoms with E-state index in [1.807, 2.05) is 45.0 Å². The van der Waals surface area contributed by atoms with E-state index >= 15 is 0 Å². The summed E-state index contributed by atoms with van der Waals surface area (Å²) in [6.45, 7) is 6.84. The van der Waals surface area contributed by atoms with Crippen LogP contribution in [-0.4, -0.2) is 50.3 Å². The summed E-state index contributed by atoms with van der Waals surface area (Å²) in [4.78, 5) is 45.7. The summed E-state index contributed by atoms with van der Waals surface area (Å²) in [6.07, 6.45) is 6.40. The van der Waals surface area contributed by atoms with Crippen molar-refractivity contribution in [1.29, 1.82) is 0 Å². The van der Waals surface area contributed by atoms with Crippen LogP contribution >= 0.6 is 0 Å². The summed E-state index contributed by atoms with van der Waals surface area (Å²) in [5, 5.41) is 6.03. The van der Waals surface area contributed by atoms with Crippen molar-refractivity contribution in [2.45, 2.75) is 77.5 Å². The van der Waals surface area contributed by atoms with E-state index < -0.39 is 11.4 Å². The molecule has 1 aromatic carbocycles. The maximum absolute atomic E-state index is 13.6. The highest BCUT2D eigenvalue weighted by Crippen LogP contribution is 2.30. The Morgan fingerprint density at radius 3 is 2.70 bits per heavy atom. The van der Waals surface area contributed by atoms with Crippen molar-refractivity contribution in [1.82, 2.24) is 25.1 Å². The molecule has 8 nitrogen and oxygen atoms in total. The monoisotopic (exact) mass is 451 g/mol. The van der Waals surface area contributed by atoms with Crippen LogP contribution in [0.2, 0.25) is 0 Å². The summed E-state index contributed by atoms with van der Waals surface area (Å²) in [7, 11) is 0. The molecule has 3 amide bonds. The molecule has 4 rings (SSSR count). The molecule has 0 radical (unpaired) electrons. The first-order chi connectivity index (χ1) is 15.8. The predicted octanol–water partition coefficient (Wildman–Crippen LogP) is 2.80. The van der Waals surface area contributed by atoms with Crippen LogP contribution in [-0.2, 0) is 17.9 Å². The lowest BCUT2D eigenvalue weighted by molar-refractivity contribution is -0.133. The van der Waals surface area contributed by atoms with Crippen molar-refractivity contribution in [3.63, 3.8) is 0 Å². The molecule has 2 aromatic rings. The Kier molecular flexibility index (Phi) is 6.54. The van der Waals surface area contributed by atoms with Gasteiger partial charge in [0, 0.05) is 19.1 Å². The Balaban J connectivity index is 1.56. The first kappa shape index (κ1) is 23.0. The lowest BCUT2D eigenvalue weighted by Gasteiger charge is -2.44. The van der Waals surface area contributed by atoms with Gasteiger partial charge >= 0.3 is 0 Å². The van der Waals surface area contributed by atoms with Crippen molar-refractivity contribution < 1.29 is 14.4 Å². The van der Waals surface area contributed by atoms with Crippen LogP contribution < -0.4 is 10.6 Å². The van der Waals surface area contributed by atoms with E-state index in [9.17, 15) is 14.4 Å². The molecule has 0 bridgehead atoms. The largest absolute Gasteiger partial charge is 0.351 e. The minimum absolute atomic E-state index is 0.104. The minimum Gasteiger partial charge on any atom is -0.351 e. The van der Waals surface area contributed by atoms with Crippen molar-refractivity contribution in [3.05, 3.63) is 53.1 Å². The second-order valence-corrected chi connectivity index (χ2v) is 9.43. The molecular formula is C25H33N5O3. The van der Waals surface area contributed by atoms with E-state index in [0.29, 0.717) is 19.5 Å². The van der Waals surface area contributed by atoms with Gasteiger partial charge in [-0.3, -0.25) is 14.4 Å². The lowest BCUT2D eigenvalue weighted by Crippen LogP contribution is -2.65. The molecule has 8 heteroatoms. The lowest BCUT2D eigenvalue weighted by atomic mass is 9.93. The number of hydrogen-bond acceptors (Lipinski definition) is 4. The van der Waals surface area contributed by atoms with Crippen LogP contribution in [0.3, 0.4) is 0 Å². The van der Waals surface area contributed by atoms with Gasteiger partial charge < -0.3 is 20.1 Å². The van der Waals surface area contributed by atoms with Crippen molar-refractivity contribution in [3.8, 4) is 0 Å². The third-order valence-corrected chi connectivity index (χ3v) is 6.74. The third-order valence-electron chi connectivity index (χ3n) is 6.74. The SMILES string of the molecule is CCCN1C(=O)c2c(C(=O)NCc3cccc(C)c3)ncn2CC1(C)C(=O)NC1CCCC1. The second kappa shape index (κ2) is 9.37. The van der Waals surface area contributed by atoms with Crippen LogP contribution in [0.4, 0.5) is 0 Å². The van der Waals surface area contributed by atoms with Gasteiger partial charge in [-0.15, -0.1) is 0 Å².